The van der Waals surface area contributed by atoms with Gasteiger partial charge in [0.2, 0.25) is 10.0 Å². The fourth-order valence-corrected chi connectivity index (χ4v) is 5.66. The molecule has 0 spiro atoms. The van der Waals surface area contributed by atoms with E-state index in [-0.39, 0.29) is 41.7 Å². The molecule has 0 unspecified atom stereocenters. The number of fused-ring (bicyclic) bond motifs is 1. The molecule has 1 fully saturated rings. The van der Waals surface area contributed by atoms with Gasteiger partial charge in [0.15, 0.2) is 0 Å². The van der Waals surface area contributed by atoms with Crippen LogP contribution in [0.3, 0.4) is 0 Å². The summed E-state index contributed by atoms with van der Waals surface area (Å²) in [7, 11) is -3.84. The number of ether oxygens (including phenoxy) is 1. The van der Waals surface area contributed by atoms with E-state index in [0.29, 0.717) is 13.2 Å². The average molecular weight is 452 g/mol. The molecule has 1 aliphatic heterocycles. The van der Waals surface area contributed by atoms with Crippen LogP contribution in [0.2, 0.25) is 0 Å². The second-order valence-electron chi connectivity index (χ2n) is 6.70. The highest BCUT2D eigenvalue weighted by Gasteiger charge is 2.28. The lowest BCUT2D eigenvalue weighted by atomic mass is 10.2. The van der Waals surface area contributed by atoms with E-state index in [0.717, 1.165) is 21.0 Å². The van der Waals surface area contributed by atoms with Crippen LogP contribution in [0.15, 0.2) is 47.4 Å². The van der Waals surface area contributed by atoms with Crippen molar-refractivity contribution in [2.24, 2.45) is 0 Å². The number of thiophene rings is 1. The van der Waals surface area contributed by atoms with Gasteiger partial charge in [-0.05, 0) is 41.8 Å². The number of hydrogen-bond donors (Lipinski definition) is 1. The standard InChI is InChI=1S/C19H18FN3O5S2/c20-14-1-4-19-13(9-14)10-15(29-19)12-21-17-3-2-16(11-18(17)23(24)25)30(26,27)22-5-7-28-8-6-22/h1-4,9-11,21H,5-8,12H2. The van der Waals surface area contributed by atoms with Gasteiger partial charge >= 0.3 is 0 Å². The van der Waals surface area contributed by atoms with Crippen molar-refractivity contribution in [2.45, 2.75) is 11.4 Å². The number of nitro benzene ring substituents is 1. The number of rotatable bonds is 6. The highest BCUT2D eigenvalue weighted by atomic mass is 32.2. The molecule has 1 saturated heterocycles. The Labute approximate surface area is 176 Å². The third-order valence-electron chi connectivity index (χ3n) is 4.76. The van der Waals surface area contributed by atoms with Gasteiger partial charge in [0.05, 0.1) is 23.0 Å². The molecule has 0 aliphatic carbocycles. The summed E-state index contributed by atoms with van der Waals surface area (Å²) in [5.74, 6) is -0.326. The number of anilines is 1. The Bertz CT molecular complexity index is 1210. The fourth-order valence-electron chi connectivity index (χ4n) is 3.25. The van der Waals surface area contributed by atoms with Crippen LogP contribution in [0, 0.1) is 15.9 Å². The molecule has 2 aromatic carbocycles. The van der Waals surface area contributed by atoms with Gasteiger partial charge in [-0.1, -0.05) is 0 Å². The number of hydrogen-bond acceptors (Lipinski definition) is 7. The second-order valence-corrected chi connectivity index (χ2v) is 9.81. The van der Waals surface area contributed by atoms with Gasteiger partial charge in [0, 0.05) is 35.3 Å². The van der Waals surface area contributed by atoms with Gasteiger partial charge in [0.1, 0.15) is 11.5 Å². The van der Waals surface area contributed by atoms with E-state index in [2.05, 4.69) is 5.32 Å². The Morgan fingerprint density at radius 1 is 1.17 bits per heavy atom. The van der Waals surface area contributed by atoms with Crippen molar-refractivity contribution < 1.29 is 22.5 Å². The lowest BCUT2D eigenvalue weighted by Crippen LogP contribution is -2.40. The van der Waals surface area contributed by atoms with Crippen LogP contribution in [0.1, 0.15) is 4.88 Å². The molecule has 158 valence electrons. The molecule has 0 bridgehead atoms. The van der Waals surface area contributed by atoms with Crippen LogP contribution in [0.4, 0.5) is 15.8 Å². The molecule has 1 aliphatic rings. The number of halogens is 1. The molecule has 11 heteroatoms. The minimum Gasteiger partial charge on any atom is -0.379 e. The highest BCUT2D eigenvalue weighted by molar-refractivity contribution is 7.89. The van der Waals surface area contributed by atoms with Crippen LogP contribution in [0.5, 0.6) is 0 Å². The van der Waals surface area contributed by atoms with Gasteiger partial charge in [0.25, 0.3) is 5.69 Å². The molecule has 8 nitrogen and oxygen atoms in total. The summed E-state index contributed by atoms with van der Waals surface area (Å²) in [5.41, 5.74) is -0.110. The summed E-state index contributed by atoms with van der Waals surface area (Å²) in [4.78, 5) is 11.7. The van der Waals surface area contributed by atoms with Gasteiger partial charge in [-0.2, -0.15) is 4.31 Å². The molecule has 0 radical (unpaired) electrons. The van der Waals surface area contributed by atoms with Crippen molar-refractivity contribution in [1.82, 2.24) is 4.31 Å². The highest BCUT2D eigenvalue weighted by Crippen LogP contribution is 2.31. The SMILES string of the molecule is O=[N+]([O-])c1cc(S(=O)(=O)N2CCOCC2)ccc1NCc1cc2cc(F)ccc2s1. The van der Waals surface area contributed by atoms with Gasteiger partial charge < -0.3 is 10.1 Å². The quantitative estimate of drug-likeness (QED) is 0.454. The Kier molecular flexibility index (Phi) is 5.69. The maximum atomic E-state index is 13.4. The molecule has 0 saturated carbocycles. The van der Waals surface area contributed by atoms with Crippen LogP contribution >= 0.6 is 11.3 Å². The van der Waals surface area contributed by atoms with Crippen molar-refractivity contribution in [1.29, 1.82) is 0 Å². The first-order chi connectivity index (χ1) is 14.3. The summed E-state index contributed by atoms with van der Waals surface area (Å²) < 4.78 is 46.3. The first-order valence-electron chi connectivity index (χ1n) is 9.13. The minimum absolute atomic E-state index is 0.126. The lowest BCUT2D eigenvalue weighted by molar-refractivity contribution is -0.384. The van der Waals surface area contributed by atoms with Crippen molar-refractivity contribution in [2.75, 3.05) is 31.6 Å². The van der Waals surface area contributed by atoms with Gasteiger partial charge in [-0.15, -0.1) is 11.3 Å². The maximum Gasteiger partial charge on any atom is 0.293 e. The normalized spacial score (nSPS) is 15.4. The van der Waals surface area contributed by atoms with Crippen molar-refractivity contribution in [3.05, 3.63) is 63.3 Å². The molecule has 3 aromatic rings. The summed E-state index contributed by atoms with van der Waals surface area (Å²) in [6.07, 6.45) is 0. The third-order valence-corrected chi connectivity index (χ3v) is 7.77. The van der Waals surface area contributed by atoms with Crippen LogP contribution in [-0.2, 0) is 21.3 Å². The van der Waals surface area contributed by atoms with E-state index < -0.39 is 14.9 Å². The third kappa shape index (κ3) is 4.15. The summed E-state index contributed by atoms with van der Waals surface area (Å²) in [5, 5.41) is 15.3. The van der Waals surface area contributed by atoms with Crippen molar-refractivity contribution in [3.8, 4) is 0 Å². The zero-order valence-electron chi connectivity index (χ0n) is 15.7. The largest absolute Gasteiger partial charge is 0.379 e. The Hall–Kier alpha value is -2.60. The topological polar surface area (TPSA) is 102 Å². The molecule has 4 rings (SSSR count). The van der Waals surface area contributed by atoms with E-state index in [1.54, 1.807) is 6.07 Å². The van der Waals surface area contributed by atoms with Crippen LogP contribution in [0.25, 0.3) is 10.1 Å². The minimum atomic E-state index is -3.84. The average Bonchev–Trinajstić information content (AvgIpc) is 3.14. The number of morpholine rings is 1. The summed E-state index contributed by atoms with van der Waals surface area (Å²) in [6, 6.07) is 10.2. The first kappa shape index (κ1) is 20.7. The van der Waals surface area contributed by atoms with E-state index >= 15 is 0 Å². The molecule has 2 heterocycles. The van der Waals surface area contributed by atoms with Crippen LogP contribution in [-0.4, -0.2) is 43.9 Å². The van der Waals surface area contributed by atoms with E-state index in [4.69, 9.17) is 4.74 Å². The zero-order valence-corrected chi connectivity index (χ0v) is 17.3. The second kappa shape index (κ2) is 8.26. The molecule has 30 heavy (non-hydrogen) atoms. The fraction of sp³-hybridized carbons (Fsp3) is 0.263. The van der Waals surface area contributed by atoms with Gasteiger partial charge in [-0.3, -0.25) is 10.1 Å². The molecule has 1 aromatic heterocycles. The number of nitrogens with zero attached hydrogens (tertiary/aromatic N) is 2. The van der Waals surface area contributed by atoms with E-state index in [1.807, 2.05) is 6.07 Å². The number of sulfonamides is 1. The Morgan fingerprint density at radius 2 is 1.93 bits per heavy atom. The van der Waals surface area contributed by atoms with Crippen molar-refractivity contribution in [3.63, 3.8) is 0 Å². The first-order valence-corrected chi connectivity index (χ1v) is 11.4. The molecule has 1 N–H and O–H groups in total. The van der Waals surface area contributed by atoms with Crippen LogP contribution < -0.4 is 5.32 Å². The molecular weight excluding hydrogens is 433 g/mol. The number of nitrogens with one attached hydrogen (secondary N) is 1. The van der Waals surface area contributed by atoms with Crippen molar-refractivity contribution >= 4 is 42.8 Å². The summed E-state index contributed by atoms with van der Waals surface area (Å²) >= 11 is 1.45. The van der Waals surface area contributed by atoms with Gasteiger partial charge in [-0.25, -0.2) is 12.8 Å². The van der Waals surface area contributed by atoms with E-state index in [1.165, 1.54) is 39.9 Å². The predicted molar refractivity (Wildman–Crippen MR) is 112 cm³/mol. The molecule has 0 atom stereocenters. The number of benzene rings is 2. The summed E-state index contributed by atoms with van der Waals surface area (Å²) in [6.45, 7) is 1.29. The molecule has 0 amide bonds. The number of nitro groups is 1. The smallest absolute Gasteiger partial charge is 0.293 e. The zero-order chi connectivity index (χ0) is 21.3. The lowest BCUT2D eigenvalue weighted by Gasteiger charge is -2.26. The predicted octanol–water partition coefficient (Wildman–Crippen LogP) is 3.58. The Balaban J connectivity index is 1.57. The maximum absolute atomic E-state index is 13.4. The monoisotopic (exact) mass is 451 g/mol. The van der Waals surface area contributed by atoms with E-state index in [9.17, 15) is 22.9 Å². The Morgan fingerprint density at radius 3 is 2.67 bits per heavy atom. The molecular formula is C19H18FN3O5S2.